The summed E-state index contributed by atoms with van der Waals surface area (Å²) in [6.07, 6.45) is 7.94. The summed E-state index contributed by atoms with van der Waals surface area (Å²) < 4.78 is 0. The molecule has 0 fully saturated rings. The van der Waals surface area contributed by atoms with Crippen LogP contribution < -0.4 is 4.90 Å². The zero-order chi connectivity index (χ0) is 36.1. The van der Waals surface area contributed by atoms with E-state index >= 15 is 0 Å². The lowest BCUT2D eigenvalue weighted by Crippen LogP contribution is -2.27. The zero-order valence-corrected chi connectivity index (χ0v) is 30.5. The van der Waals surface area contributed by atoms with E-state index in [4.69, 9.17) is 0 Å². The molecular formula is C54H37N. The first-order valence-electron chi connectivity index (χ1n) is 19.6. The average Bonchev–Trinajstić information content (AvgIpc) is 3.88. The van der Waals surface area contributed by atoms with Crippen molar-refractivity contribution >= 4 is 23.1 Å². The molecule has 0 radical (unpaired) electrons. The standard InChI is InChI=1S/C54H37N/c1-2-12-35(13-3-1)36-22-26-40(27-23-36)55(41-28-24-39-32-38-15-5-6-16-43(38)49(39)33-41)42-29-31-47-45-18-8-10-20-50(45)54(52(47)34-42)51-21-11-9-19-46(51)48-30-25-37-14-4-7-17-44(37)53(48)54/h1-3,5-13,15-31,33-34H,4,14,32H2. The number of rotatable bonds is 4. The second-order valence-corrected chi connectivity index (χ2v) is 15.5. The Bertz CT molecular complexity index is 2880. The molecule has 12 rings (SSSR count). The van der Waals surface area contributed by atoms with Crippen molar-refractivity contribution in [2.24, 2.45) is 0 Å². The van der Waals surface area contributed by atoms with Gasteiger partial charge in [-0.25, -0.2) is 0 Å². The molecule has 1 unspecified atom stereocenters. The van der Waals surface area contributed by atoms with E-state index in [-0.39, 0.29) is 0 Å². The quantitative estimate of drug-likeness (QED) is 0.177. The summed E-state index contributed by atoms with van der Waals surface area (Å²) in [7, 11) is 0. The first-order valence-corrected chi connectivity index (χ1v) is 19.6. The van der Waals surface area contributed by atoms with E-state index in [1.54, 1.807) is 0 Å². The lowest BCUT2D eigenvalue weighted by Gasteiger charge is -2.34. The van der Waals surface area contributed by atoms with Crippen LogP contribution in [-0.4, -0.2) is 0 Å². The lowest BCUT2D eigenvalue weighted by molar-refractivity contribution is 0.786. The van der Waals surface area contributed by atoms with Crippen LogP contribution in [0.25, 0.3) is 50.6 Å². The highest BCUT2D eigenvalue weighted by molar-refractivity contribution is 5.98. The number of aryl methyl sites for hydroxylation is 1. The molecular weight excluding hydrogens is 663 g/mol. The monoisotopic (exact) mass is 699 g/mol. The minimum Gasteiger partial charge on any atom is -0.310 e. The van der Waals surface area contributed by atoms with Gasteiger partial charge in [-0.05, 0) is 145 Å². The molecule has 0 saturated carbocycles. The van der Waals surface area contributed by atoms with E-state index in [1.165, 1.54) is 94.7 Å². The summed E-state index contributed by atoms with van der Waals surface area (Å²) in [5.74, 6) is 0. The van der Waals surface area contributed by atoms with Gasteiger partial charge in [0, 0.05) is 17.1 Å². The number of hydrogen-bond acceptors (Lipinski definition) is 1. The Hall–Kier alpha value is -6.70. The summed E-state index contributed by atoms with van der Waals surface area (Å²) >= 11 is 0. The van der Waals surface area contributed by atoms with Crippen LogP contribution in [0.2, 0.25) is 0 Å². The van der Waals surface area contributed by atoms with Crippen molar-refractivity contribution in [3.63, 3.8) is 0 Å². The van der Waals surface area contributed by atoms with Crippen LogP contribution in [0.1, 0.15) is 50.9 Å². The maximum Gasteiger partial charge on any atom is 0.0732 e. The topological polar surface area (TPSA) is 3.24 Å². The molecule has 4 aliphatic carbocycles. The molecule has 0 bridgehead atoms. The van der Waals surface area contributed by atoms with E-state index in [0.717, 1.165) is 30.6 Å². The largest absolute Gasteiger partial charge is 0.310 e. The van der Waals surface area contributed by atoms with E-state index in [1.807, 2.05) is 0 Å². The van der Waals surface area contributed by atoms with Crippen LogP contribution >= 0.6 is 0 Å². The second kappa shape index (κ2) is 11.6. The summed E-state index contributed by atoms with van der Waals surface area (Å²) in [5.41, 5.74) is 24.7. The van der Waals surface area contributed by atoms with E-state index < -0.39 is 5.41 Å². The SMILES string of the molecule is C1=Cc2c(ccc3c2C2(c4ccccc4-c4ccc(N(c5ccc(-c6ccccc6)cc5)c5ccc6c(c5)-c5ccccc5C6)cc42)c2ccccc2-3)CC1. The summed E-state index contributed by atoms with van der Waals surface area (Å²) in [6, 6.07) is 66.2. The Morgan fingerprint density at radius 2 is 0.982 bits per heavy atom. The molecule has 0 amide bonds. The molecule has 0 aliphatic heterocycles. The van der Waals surface area contributed by atoms with Gasteiger partial charge in [-0.1, -0.05) is 152 Å². The molecule has 55 heavy (non-hydrogen) atoms. The molecule has 1 spiro atoms. The third-order valence-electron chi connectivity index (χ3n) is 12.8. The number of allylic oxidation sites excluding steroid dienone is 1. The van der Waals surface area contributed by atoms with Gasteiger partial charge in [-0.15, -0.1) is 0 Å². The third kappa shape index (κ3) is 4.30. The molecule has 258 valence electrons. The van der Waals surface area contributed by atoms with Crippen molar-refractivity contribution in [3.05, 3.63) is 227 Å². The van der Waals surface area contributed by atoms with Gasteiger partial charge in [-0.2, -0.15) is 0 Å². The van der Waals surface area contributed by atoms with Gasteiger partial charge in [0.1, 0.15) is 0 Å². The zero-order valence-electron chi connectivity index (χ0n) is 30.5. The smallest absolute Gasteiger partial charge is 0.0732 e. The summed E-state index contributed by atoms with van der Waals surface area (Å²) in [6.45, 7) is 0. The normalized spacial score (nSPS) is 16.1. The van der Waals surface area contributed by atoms with Crippen molar-refractivity contribution < 1.29 is 0 Å². The van der Waals surface area contributed by atoms with Crippen LogP contribution in [0, 0.1) is 0 Å². The fourth-order valence-corrected chi connectivity index (χ4v) is 10.4. The van der Waals surface area contributed by atoms with Crippen LogP contribution in [0.15, 0.2) is 182 Å². The highest BCUT2D eigenvalue weighted by Crippen LogP contribution is 2.64. The highest BCUT2D eigenvalue weighted by Gasteiger charge is 2.53. The van der Waals surface area contributed by atoms with Gasteiger partial charge in [0.15, 0.2) is 0 Å². The van der Waals surface area contributed by atoms with E-state index in [0.29, 0.717) is 0 Å². The van der Waals surface area contributed by atoms with Gasteiger partial charge >= 0.3 is 0 Å². The molecule has 1 heteroatoms. The molecule has 1 atom stereocenters. The molecule has 1 nitrogen and oxygen atoms in total. The molecule has 8 aromatic carbocycles. The van der Waals surface area contributed by atoms with Gasteiger partial charge < -0.3 is 4.90 Å². The first-order chi connectivity index (χ1) is 27.3. The Labute approximate surface area is 322 Å². The summed E-state index contributed by atoms with van der Waals surface area (Å²) in [4.78, 5) is 2.48. The Kier molecular flexibility index (Phi) is 6.51. The number of anilines is 3. The molecule has 8 aromatic rings. The maximum absolute atomic E-state index is 2.53. The maximum atomic E-state index is 2.53. The highest BCUT2D eigenvalue weighted by atomic mass is 15.1. The van der Waals surface area contributed by atoms with Crippen molar-refractivity contribution in [2.75, 3.05) is 4.90 Å². The van der Waals surface area contributed by atoms with Gasteiger partial charge in [0.05, 0.1) is 5.41 Å². The van der Waals surface area contributed by atoms with Crippen molar-refractivity contribution in [1.29, 1.82) is 0 Å². The van der Waals surface area contributed by atoms with Crippen molar-refractivity contribution in [2.45, 2.75) is 24.7 Å². The first kappa shape index (κ1) is 30.7. The molecule has 0 N–H and O–H groups in total. The van der Waals surface area contributed by atoms with Crippen LogP contribution in [-0.2, 0) is 18.3 Å². The minimum absolute atomic E-state index is 0.430. The van der Waals surface area contributed by atoms with Gasteiger partial charge in [0.25, 0.3) is 0 Å². The Morgan fingerprint density at radius 3 is 1.80 bits per heavy atom. The van der Waals surface area contributed by atoms with Crippen LogP contribution in [0.3, 0.4) is 0 Å². The molecule has 0 saturated heterocycles. The molecule has 4 aliphatic rings. The fourth-order valence-electron chi connectivity index (χ4n) is 10.4. The van der Waals surface area contributed by atoms with E-state index in [9.17, 15) is 0 Å². The second-order valence-electron chi connectivity index (χ2n) is 15.5. The predicted octanol–water partition coefficient (Wildman–Crippen LogP) is 13.7. The number of nitrogens with zero attached hydrogens (tertiary/aromatic N) is 1. The van der Waals surface area contributed by atoms with Crippen LogP contribution in [0.4, 0.5) is 17.1 Å². The fraction of sp³-hybridized carbons (Fsp3) is 0.0741. The molecule has 0 heterocycles. The predicted molar refractivity (Wildman–Crippen MR) is 228 cm³/mol. The minimum atomic E-state index is -0.430. The van der Waals surface area contributed by atoms with Gasteiger partial charge in [-0.3, -0.25) is 0 Å². The Morgan fingerprint density at radius 1 is 0.400 bits per heavy atom. The number of fused-ring (bicyclic) bond motifs is 15. The van der Waals surface area contributed by atoms with Gasteiger partial charge in [0.2, 0.25) is 0 Å². The molecule has 0 aromatic heterocycles. The van der Waals surface area contributed by atoms with Crippen molar-refractivity contribution in [1.82, 2.24) is 0 Å². The van der Waals surface area contributed by atoms with E-state index in [2.05, 4.69) is 193 Å². The lowest BCUT2D eigenvalue weighted by atomic mass is 9.68. The Balaban J connectivity index is 1.12. The average molecular weight is 700 g/mol. The summed E-state index contributed by atoms with van der Waals surface area (Å²) in [5, 5.41) is 0. The number of benzene rings is 8. The van der Waals surface area contributed by atoms with Crippen molar-refractivity contribution in [3.8, 4) is 44.5 Å². The van der Waals surface area contributed by atoms with Crippen LogP contribution in [0.5, 0.6) is 0 Å². The third-order valence-corrected chi connectivity index (χ3v) is 12.8. The number of hydrogen-bond donors (Lipinski definition) is 0.